The van der Waals surface area contributed by atoms with Crippen molar-refractivity contribution in [2.75, 3.05) is 0 Å². The largest absolute Gasteiger partial charge is 0.326 e. The monoisotopic (exact) mass is 194 g/mol. The van der Waals surface area contributed by atoms with Gasteiger partial charge in [0.25, 0.3) is 0 Å². The van der Waals surface area contributed by atoms with Crippen LogP contribution in [0.2, 0.25) is 0 Å². The number of hydrogen-bond donors (Lipinski definition) is 1. The van der Waals surface area contributed by atoms with Crippen molar-refractivity contribution in [1.29, 1.82) is 5.26 Å². The maximum atomic E-state index is 8.36. The Bertz CT molecular complexity index is 285. The van der Waals surface area contributed by atoms with E-state index in [0.29, 0.717) is 13.0 Å². The fraction of sp³-hybridized carbons (Fsp3) is 0.500. The predicted molar refractivity (Wildman–Crippen MR) is 55.4 cm³/mol. The van der Waals surface area contributed by atoms with Crippen molar-refractivity contribution in [2.24, 2.45) is 5.73 Å². The van der Waals surface area contributed by atoms with Crippen LogP contribution in [-0.4, -0.2) is 0 Å². The van der Waals surface area contributed by atoms with Crippen molar-refractivity contribution in [2.45, 2.75) is 32.2 Å². The number of nitrogens with zero attached hydrogens (tertiary/aromatic N) is 1. The molecule has 0 atom stereocenters. The summed E-state index contributed by atoms with van der Waals surface area (Å²) in [7, 11) is 0. The zero-order valence-electron chi connectivity index (χ0n) is 7.62. The second kappa shape index (κ2) is 5.74. The Morgan fingerprint density at radius 1 is 1.46 bits per heavy atom. The van der Waals surface area contributed by atoms with Gasteiger partial charge in [-0.15, -0.1) is 11.3 Å². The van der Waals surface area contributed by atoms with Crippen LogP contribution in [0.15, 0.2) is 11.4 Å². The predicted octanol–water partition coefficient (Wildman–Crippen LogP) is 2.44. The van der Waals surface area contributed by atoms with Gasteiger partial charge in [-0.25, -0.2) is 0 Å². The summed E-state index contributed by atoms with van der Waals surface area (Å²) in [6.45, 7) is 0.636. The third-order valence-electron chi connectivity index (χ3n) is 2.00. The third kappa shape index (κ3) is 3.17. The average Bonchev–Trinajstić information content (AvgIpc) is 2.60. The minimum atomic E-state index is 0.636. The van der Waals surface area contributed by atoms with Crippen molar-refractivity contribution in [1.82, 2.24) is 0 Å². The molecule has 0 saturated carbocycles. The molecule has 0 aliphatic rings. The molecule has 0 saturated heterocycles. The van der Waals surface area contributed by atoms with E-state index in [1.807, 2.05) is 0 Å². The fourth-order valence-electron chi connectivity index (χ4n) is 1.26. The zero-order valence-corrected chi connectivity index (χ0v) is 8.44. The van der Waals surface area contributed by atoms with Crippen LogP contribution in [0.3, 0.4) is 0 Å². The van der Waals surface area contributed by atoms with Gasteiger partial charge in [-0.2, -0.15) is 5.26 Å². The van der Waals surface area contributed by atoms with Gasteiger partial charge in [-0.3, -0.25) is 0 Å². The molecule has 1 aromatic heterocycles. The minimum absolute atomic E-state index is 0.636. The highest BCUT2D eigenvalue weighted by molar-refractivity contribution is 7.10. The lowest BCUT2D eigenvalue weighted by molar-refractivity contribution is 0.754. The van der Waals surface area contributed by atoms with E-state index in [9.17, 15) is 0 Å². The quantitative estimate of drug-likeness (QED) is 0.732. The highest BCUT2D eigenvalue weighted by atomic mass is 32.1. The van der Waals surface area contributed by atoms with Gasteiger partial charge in [0, 0.05) is 17.8 Å². The number of thiophene rings is 1. The molecule has 13 heavy (non-hydrogen) atoms. The number of unbranched alkanes of at least 4 members (excludes halogenated alkanes) is 2. The van der Waals surface area contributed by atoms with E-state index in [0.717, 1.165) is 19.3 Å². The summed E-state index contributed by atoms with van der Waals surface area (Å²) >= 11 is 1.77. The molecule has 0 bridgehead atoms. The van der Waals surface area contributed by atoms with Crippen molar-refractivity contribution in [3.05, 3.63) is 21.9 Å². The molecule has 2 nitrogen and oxygen atoms in total. The molecule has 1 heterocycles. The van der Waals surface area contributed by atoms with Gasteiger partial charge in [-0.1, -0.05) is 0 Å². The van der Waals surface area contributed by atoms with Crippen LogP contribution in [-0.2, 0) is 13.0 Å². The summed E-state index contributed by atoms with van der Waals surface area (Å²) in [5, 5.41) is 10.4. The summed E-state index contributed by atoms with van der Waals surface area (Å²) in [5.41, 5.74) is 6.85. The van der Waals surface area contributed by atoms with Crippen molar-refractivity contribution < 1.29 is 0 Å². The van der Waals surface area contributed by atoms with E-state index in [1.165, 1.54) is 10.4 Å². The number of hydrogen-bond acceptors (Lipinski definition) is 3. The molecule has 0 spiro atoms. The number of aryl methyl sites for hydroxylation is 1. The maximum Gasteiger partial charge on any atom is 0.0621 e. The Balaban J connectivity index is 2.32. The van der Waals surface area contributed by atoms with Crippen LogP contribution in [0.1, 0.15) is 29.7 Å². The molecule has 70 valence electrons. The highest BCUT2D eigenvalue weighted by Crippen LogP contribution is 2.18. The summed E-state index contributed by atoms with van der Waals surface area (Å²) in [6.07, 6.45) is 3.84. The minimum Gasteiger partial charge on any atom is -0.326 e. The van der Waals surface area contributed by atoms with E-state index in [1.54, 1.807) is 11.3 Å². The van der Waals surface area contributed by atoms with Gasteiger partial charge in [-0.05, 0) is 36.3 Å². The van der Waals surface area contributed by atoms with Crippen LogP contribution in [0.4, 0.5) is 0 Å². The van der Waals surface area contributed by atoms with E-state index in [-0.39, 0.29) is 0 Å². The maximum absolute atomic E-state index is 8.36. The van der Waals surface area contributed by atoms with Crippen molar-refractivity contribution in [3.63, 3.8) is 0 Å². The molecule has 1 rings (SSSR count). The molecule has 0 aliphatic carbocycles. The molecule has 0 amide bonds. The first-order chi connectivity index (χ1) is 6.38. The van der Waals surface area contributed by atoms with Gasteiger partial charge in [0.2, 0.25) is 0 Å². The normalized spacial score (nSPS) is 9.85. The first-order valence-corrected chi connectivity index (χ1v) is 5.38. The Labute approximate surface area is 83.0 Å². The van der Waals surface area contributed by atoms with E-state index >= 15 is 0 Å². The molecule has 0 unspecified atom stereocenters. The van der Waals surface area contributed by atoms with Gasteiger partial charge < -0.3 is 5.73 Å². The molecular weight excluding hydrogens is 180 g/mol. The molecule has 3 heteroatoms. The van der Waals surface area contributed by atoms with Crippen molar-refractivity contribution >= 4 is 11.3 Å². The van der Waals surface area contributed by atoms with Crippen LogP contribution < -0.4 is 5.73 Å². The zero-order chi connectivity index (χ0) is 9.52. The van der Waals surface area contributed by atoms with Gasteiger partial charge >= 0.3 is 0 Å². The van der Waals surface area contributed by atoms with E-state index in [2.05, 4.69) is 17.5 Å². The average molecular weight is 194 g/mol. The molecule has 0 fully saturated rings. The van der Waals surface area contributed by atoms with Crippen LogP contribution in [0.25, 0.3) is 0 Å². The van der Waals surface area contributed by atoms with Crippen LogP contribution >= 0.6 is 11.3 Å². The molecule has 0 aromatic carbocycles. The number of nitrogens with two attached hydrogens (primary N) is 1. The second-order valence-electron chi connectivity index (χ2n) is 2.94. The number of rotatable bonds is 5. The standard InChI is InChI=1S/C10H14N2S/c11-6-3-1-2-4-10-9(8-12)5-7-13-10/h5,7H,1-4,8,12H2. The Kier molecular flexibility index (Phi) is 4.52. The number of nitriles is 1. The van der Waals surface area contributed by atoms with E-state index in [4.69, 9.17) is 11.0 Å². The summed E-state index contributed by atoms with van der Waals surface area (Å²) in [6, 6.07) is 4.24. The van der Waals surface area contributed by atoms with Gasteiger partial charge in [0.1, 0.15) is 0 Å². The highest BCUT2D eigenvalue weighted by Gasteiger charge is 2.01. The lowest BCUT2D eigenvalue weighted by Crippen LogP contribution is -1.97. The molecule has 0 radical (unpaired) electrons. The lowest BCUT2D eigenvalue weighted by atomic mass is 10.1. The van der Waals surface area contributed by atoms with Crippen molar-refractivity contribution in [3.8, 4) is 6.07 Å². The molecule has 1 aromatic rings. The van der Waals surface area contributed by atoms with Gasteiger partial charge in [0.05, 0.1) is 6.07 Å². The molecule has 0 aliphatic heterocycles. The van der Waals surface area contributed by atoms with Crippen LogP contribution in [0, 0.1) is 11.3 Å². The van der Waals surface area contributed by atoms with Crippen LogP contribution in [0.5, 0.6) is 0 Å². The second-order valence-corrected chi connectivity index (χ2v) is 3.94. The first-order valence-electron chi connectivity index (χ1n) is 4.50. The Morgan fingerprint density at radius 3 is 3.00 bits per heavy atom. The smallest absolute Gasteiger partial charge is 0.0621 e. The molecule has 2 N–H and O–H groups in total. The lowest BCUT2D eigenvalue weighted by Gasteiger charge is -1.99. The first kappa shape index (κ1) is 10.2. The summed E-state index contributed by atoms with van der Waals surface area (Å²) in [4.78, 5) is 1.39. The Morgan fingerprint density at radius 2 is 2.31 bits per heavy atom. The van der Waals surface area contributed by atoms with E-state index < -0.39 is 0 Å². The summed E-state index contributed by atoms with van der Waals surface area (Å²) < 4.78 is 0. The Hall–Kier alpha value is -0.850. The fourth-order valence-corrected chi connectivity index (χ4v) is 2.22. The van der Waals surface area contributed by atoms with Gasteiger partial charge in [0.15, 0.2) is 0 Å². The third-order valence-corrected chi connectivity index (χ3v) is 3.02. The molecular formula is C10H14N2S. The summed E-state index contributed by atoms with van der Waals surface area (Å²) in [5.74, 6) is 0. The topological polar surface area (TPSA) is 49.8 Å². The SMILES string of the molecule is N#CCCCCc1sccc1CN.